The Morgan fingerprint density at radius 3 is 2.52 bits per heavy atom. The van der Waals surface area contributed by atoms with Crippen LogP contribution in [-0.4, -0.2) is 15.7 Å². The van der Waals surface area contributed by atoms with Crippen LogP contribution < -0.4 is 5.32 Å². The van der Waals surface area contributed by atoms with Gasteiger partial charge in [-0.25, -0.2) is 4.68 Å². The fraction of sp³-hybridized carbons (Fsp3) is 0.111. The number of hydrogen-bond acceptors (Lipinski definition) is 2. The third kappa shape index (κ3) is 3.55. The van der Waals surface area contributed by atoms with Crippen LogP contribution >= 0.6 is 0 Å². The average molecular weight is 345 g/mol. The Bertz CT molecular complexity index is 902. The zero-order valence-electron chi connectivity index (χ0n) is 13.2. The van der Waals surface area contributed by atoms with Crippen molar-refractivity contribution in [2.24, 2.45) is 0 Å². The summed E-state index contributed by atoms with van der Waals surface area (Å²) in [6.45, 7) is 1.76. The van der Waals surface area contributed by atoms with E-state index in [0.29, 0.717) is 11.3 Å². The lowest BCUT2D eigenvalue weighted by Gasteiger charge is -2.15. The van der Waals surface area contributed by atoms with Gasteiger partial charge in [0.05, 0.1) is 16.9 Å². The number of amides is 1. The van der Waals surface area contributed by atoms with Crippen molar-refractivity contribution in [2.45, 2.75) is 13.1 Å². The van der Waals surface area contributed by atoms with Gasteiger partial charge in [0, 0.05) is 18.0 Å². The van der Waals surface area contributed by atoms with Gasteiger partial charge in [0.15, 0.2) is 0 Å². The summed E-state index contributed by atoms with van der Waals surface area (Å²) in [4.78, 5) is 12.5. The minimum atomic E-state index is -4.51. The number of anilines is 1. The third-order valence-corrected chi connectivity index (χ3v) is 3.71. The Hall–Kier alpha value is -3.09. The van der Waals surface area contributed by atoms with Gasteiger partial charge in [-0.2, -0.15) is 18.3 Å². The van der Waals surface area contributed by atoms with E-state index in [9.17, 15) is 18.0 Å². The van der Waals surface area contributed by atoms with Crippen molar-refractivity contribution in [3.8, 4) is 5.69 Å². The van der Waals surface area contributed by atoms with E-state index < -0.39 is 17.6 Å². The molecule has 128 valence electrons. The second kappa shape index (κ2) is 6.43. The van der Waals surface area contributed by atoms with Gasteiger partial charge < -0.3 is 5.32 Å². The first-order valence-electron chi connectivity index (χ1n) is 7.44. The number of hydrogen-bond donors (Lipinski definition) is 1. The Labute approximate surface area is 141 Å². The predicted molar refractivity (Wildman–Crippen MR) is 87.7 cm³/mol. The Kier molecular flexibility index (Phi) is 4.31. The molecule has 0 aliphatic heterocycles. The summed E-state index contributed by atoms with van der Waals surface area (Å²) in [7, 11) is 0. The normalized spacial score (nSPS) is 11.4. The van der Waals surface area contributed by atoms with Gasteiger partial charge in [-0.05, 0) is 42.8 Å². The van der Waals surface area contributed by atoms with Crippen molar-refractivity contribution >= 4 is 11.6 Å². The molecule has 1 N–H and O–H groups in total. The summed E-state index contributed by atoms with van der Waals surface area (Å²) in [6.07, 6.45) is -1.42. The van der Waals surface area contributed by atoms with Gasteiger partial charge in [0.25, 0.3) is 5.91 Å². The van der Waals surface area contributed by atoms with Crippen LogP contribution in [0.3, 0.4) is 0 Å². The first-order valence-corrected chi connectivity index (χ1v) is 7.44. The van der Waals surface area contributed by atoms with E-state index in [1.165, 1.54) is 16.9 Å². The van der Waals surface area contributed by atoms with Crippen LogP contribution in [0.5, 0.6) is 0 Å². The molecule has 7 heteroatoms. The van der Waals surface area contributed by atoms with Crippen molar-refractivity contribution < 1.29 is 18.0 Å². The first-order chi connectivity index (χ1) is 11.9. The number of aryl methyl sites for hydroxylation is 1. The van der Waals surface area contributed by atoms with E-state index >= 15 is 0 Å². The highest BCUT2D eigenvalue weighted by molar-refractivity contribution is 6.06. The SMILES string of the molecule is Cc1ccccc1C(=O)Nc1cc(C(F)(F)F)ccc1-n1cccn1. The molecule has 3 rings (SSSR count). The Balaban J connectivity index is 2.03. The molecule has 3 aromatic rings. The maximum Gasteiger partial charge on any atom is 0.416 e. The summed E-state index contributed by atoms with van der Waals surface area (Å²) in [5.41, 5.74) is 0.661. The predicted octanol–water partition coefficient (Wildman–Crippen LogP) is 4.45. The maximum absolute atomic E-state index is 13.0. The largest absolute Gasteiger partial charge is 0.416 e. The molecule has 0 aliphatic rings. The van der Waals surface area contributed by atoms with E-state index in [2.05, 4.69) is 10.4 Å². The van der Waals surface area contributed by atoms with Gasteiger partial charge >= 0.3 is 6.18 Å². The molecule has 0 saturated carbocycles. The van der Waals surface area contributed by atoms with E-state index in [1.807, 2.05) is 0 Å². The number of rotatable bonds is 3. The molecule has 0 atom stereocenters. The quantitative estimate of drug-likeness (QED) is 0.762. The summed E-state index contributed by atoms with van der Waals surface area (Å²) in [5.74, 6) is -0.481. The third-order valence-electron chi connectivity index (χ3n) is 3.71. The van der Waals surface area contributed by atoms with E-state index in [-0.39, 0.29) is 5.69 Å². The minimum Gasteiger partial charge on any atom is -0.320 e. The number of alkyl halides is 3. The number of halogens is 3. The van der Waals surface area contributed by atoms with Crippen LogP contribution in [0.15, 0.2) is 60.9 Å². The Morgan fingerprint density at radius 2 is 1.88 bits per heavy atom. The van der Waals surface area contributed by atoms with Gasteiger partial charge in [0.1, 0.15) is 0 Å². The van der Waals surface area contributed by atoms with Crippen molar-refractivity contribution in [2.75, 3.05) is 5.32 Å². The maximum atomic E-state index is 13.0. The molecule has 25 heavy (non-hydrogen) atoms. The van der Waals surface area contributed by atoms with Crippen LogP contribution in [0.25, 0.3) is 5.69 Å². The number of benzene rings is 2. The molecule has 0 spiro atoms. The summed E-state index contributed by atoms with van der Waals surface area (Å²) < 4.78 is 40.5. The number of aromatic nitrogens is 2. The zero-order valence-corrected chi connectivity index (χ0v) is 13.2. The highest BCUT2D eigenvalue weighted by Crippen LogP contribution is 2.33. The second-order valence-corrected chi connectivity index (χ2v) is 5.45. The molecular weight excluding hydrogens is 331 g/mol. The van der Waals surface area contributed by atoms with Crippen LogP contribution in [0.2, 0.25) is 0 Å². The van der Waals surface area contributed by atoms with Crippen LogP contribution in [0.4, 0.5) is 18.9 Å². The lowest BCUT2D eigenvalue weighted by molar-refractivity contribution is -0.137. The molecule has 4 nitrogen and oxygen atoms in total. The van der Waals surface area contributed by atoms with E-state index in [4.69, 9.17) is 0 Å². The van der Waals surface area contributed by atoms with Gasteiger partial charge in [0.2, 0.25) is 0 Å². The van der Waals surface area contributed by atoms with Gasteiger partial charge in [-0.15, -0.1) is 0 Å². The van der Waals surface area contributed by atoms with Crippen molar-refractivity contribution in [3.63, 3.8) is 0 Å². The van der Waals surface area contributed by atoms with Crippen molar-refractivity contribution in [1.29, 1.82) is 0 Å². The molecule has 0 saturated heterocycles. The second-order valence-electron chi connectivity index (χ2n) is 5.45. The van der Waals surface area contributed by atoms with E-state index in [1.54, 1.807) is 43.5 Å². The topological polar surface area (TPSA) is 46.9 Å². The molecule has 1 aromatic heterocycles. The average Bonchev–Trinajstić information content (AvgIpc) is 3.08. The van der Waals surface area contributed by atoms with Crippen molar-refractivity contribution in [3.05, 3.63) is 77.6 Å². The van der Waals surface area contributed by atoms with Gasteiger partial charge in [-0.1, -0.05) is 18.2 Å². The lowest BCUT2D eigenvalue weighted by Crippen LogP contribution is -2.16. The summed E-state index contributed by atoms with van der Waals surface area (Å²) >= 11 is 0. The number of nitrogens with zero attached hydrogens (tertiary/aromatic N) is 2. The van der Waals surface area contributed by atoms with Crippen LogP contribution in [-0.2, 0) is 6.18 Å². The monoisotopic (exact) mass is 345 g/mol. The molecule has 0 unspecified atom stereocenters. The highest BCUT2D eigenvalue weighted by Gasteiger charge is 2.31. The molecule has 0 aliphatic carbocycles. The molecule has 0 bridgehead atoms. The standard InChI is InChI=1S/C18H14F3N3O/c1-12-5-2-3-6-14(12)17(25)23-15-11-13(18(19,20)21)7-8-16(15)24-10-4-9-22-24/h2-11H,1H3,(H,23,25). The molecular formula is C18H14F3N3O. The van der Waals surface area contributed by atoms with Gasteiger partial charge in [-0.3, -0.25) is 4.79 Å². The van der Waals surface area contributed by atoms with Crippen molar-refractivity contribution in [1.82, 2.24) is 9.78 Å². The molecule has 0 fully saturated rings. The Morgan fingerprint density at radius 1 is 1.12 bits per heavy atom. The number of carbonyl (C=O) groups is 1. The fourth-order valence-electron chi connectivity index (χ4n) is 2.44. The molecule has 2 aromatic carbocycles. The first kappa shape index (κ1) is 16.8. The summed E-state index contributed by atoms with van der Waals surface area (Å²) in [5, 5.41) is 6.59. The number of nitrogens with one attached hydrogen (secondary N) is 1. The molecule has 1 amide bonds. The molecule has 0 radical (unpaired) electrons. The zero-order chi connectivity index (χ0) is 18.0. The minimum absolute atomic E-state index is 0.0341. The number of carbonyl (C=O) groups excluding carboxylic acids is 1. The highest BCUT2D eigenvalue weighted by atomic mass is 19.4. The van der Waals surface area contributed by atoms with Crippen LogP contribution in [0.1, 0.15) is 21.5 Å². The van der Waals surface area contributed by atoms with E-state index in [0.717, 1.165) is 17.7 Å². The molecule has 1 heterocycles. The fourth-order valence-corrected chi connectivity index (χ4v) is 2.44. The smallest absolute Gasteiger partial charge is 0.320 e. The summed E-state index contributed by atoms with van der Waals surface area (Å²) in [6, 6.07) is 11.6. The van der Waals surface area contributed by atoms with Crippen LogP contribution in [0, 0.1) is 6.92 Å². The lowest BCUT2D eigenvalue weighted by atomic mass is 10.1.